The lowest BCUT2D eigenvalue weighted by molar-refractivity contribution is 0.434. The number of halogens is 2. The molecule has 0 atom stereocenters. The highest BCUT2D eigenvalue weighted by Crippen LogP contribution is 2.27. The van der Waals surface area contributed by atoms with E-state index in [9.17, 15) is 16.8 Å². The van der Waals surface area contributed by atoms with Crippen LogP contribution < -0.4 is 0 Å². The molecule has 5 nitrogen and oxygen atoms in total. The van der Waals surface area contributed by atoms with Gasteiger partial charge in [-0.05, 0) is 24.1 Å². The minimum atomic E-state index is -3.82. The van der Waals surface area contributed by atoms with Gasteiger partial charge in [0.05, 0.1) is 16.5 Å². The summed E-state index contributed by atoms with van der Waals surface area (Å²) in [6, 6.07) is 4.58. The number of rotatable bonds is 3. The zero-order valence-corrected chi connectivity index (χ0v) is 14.3. The molecule has 1 aliphatic rings. The second kappa shape index (κ2) is 6.42. The molecule has 0 saturated carbocycles. The molecule has 0 N–H and O–H groups in total. The lowest BCUT2D eigenvalue weighted by Crippen LogP contribution is -2.33. The Labute approximate surface area is 134 Å². The molecule has 1 heterocycles. The van der Waals surface area contributed by atoms with Crippen molar-refractivity contribution in [3.8, 4) is 0 Å². The topological polar surface area (TPSA) is 71.5 Å². The number of nitrogens with zero attached hydrogens (tertiary/aromatic N) is 1. The van der Waals surface area contributed by atoms with Crippen LogP contribution in [0.15, 0.2) is 23.1 Å². The second-order valence-corrected chi connectivity index (χ2v) is 9.69. The van der Waals surface area contributed by atoms with Gasteiger partial charge in [-0.25, -0.2) is 16.8 Å². The molecule has 0 aromatic heterocycles. The molecule has 21 heavy (non-hydrogen) atoms. The second-order valence-electron chi connectivity index (χ2n) is 4.81. The minimum absolute atomic E-state index is 0.00840. The van der Waals surface area contributed by atoms with Crippen LogP contribution in [-0.4, -0.2) is 45.7 Å². The molecular weight excluding hydrogens is 357 g/mol. The Bertz CT molecular complexity index is 732. The van der Waals surface area contributed by atoms with Crippen LogP contribution in [0.3, 0.4) is 0 Å². The maximum atomic E-state index is 12.6. The van der Waals surface area contributed by atoms with E-state index in [2.05, 4.69) is 0 Å². The summed E-state index contributed by atoms with van der Waals surface area (Å²) in [5, 5.41) is 0.107. The average Bonchev–Trinajstić information content (AvgIpc) is 2.60. The summed E-state index contributed by atoms with van der Waals surface area (Å²) in [5.74, 6) is 0.0155. The standard InChI is InChI=1S/C12H15Cl2NO4S2/c13-9-10-2-3-11(14)12(8-10)21(18,19)15-4-1-6-20(16,17)7-5-15/h2-3,8H,1,4-7,9H2. The van der Waals surface area contributed by atoms with E-state index < -0.39 is 19.9 Å². The van der Waals surface area contributed by atoms with Gasteiger partial charge in [0.25, 0.3) is 0 Å². The fourth-order valence-corrected chi connectivity index (χ4v) is 5.68. The van der Waals surface area contributed by atoms with Gasteiger partial charge in [0, 0.05) is 19.0 Å². The van der Waals surface area contributed by atoms with Crippen LogP contribution in [0.5, 0.6) is 0 Å². The quantitative estimate of drug-likeness (QED) is 0.760. The van der Waals surface area contributed by atoms with Crippen molar-refractivity contribution in [1.29, 1.82) is 0 Å². The van der Waals surface area contributed by atoms with E-state index in [1.54, 1.807) is 6.07 Å². The first-order valence-corrected chi connectivity index (χ1v) is 10.5. The molecule has 0 bridgehead atoms. The highest BCUT2D eigenvalue weighted by molar-refractivity contribution is 7.91. The van der Waals surface area contributed by atoms with Crippen molar-refractivity contribution in [2.45, 2.75) is 17.2 Å². The van der Waals surface area contributed by atoms with Crippen molar-refractivity contribution in [1.82, 2.24) is 4.31 Å². The van der Waals surface area contributed by atoms with E-state index >= 15 is 0 Å². The van der Waals surface area contributed by atoms with Gasteiger partial charge in [0.15, 0.2) is 9.84 Å². The van der Waals surface area contributed by atoms with Crippen molar-refractivity contribution in [2.24, 2.45) is 0 Å². The van der Waals surface area contributed by atoms with Gasteiger partial charge >= 0.3 is 0 Å². The highest BCUT2D eigenvalue weighted by Gasteiger charge is 2.30. The van der Waals surface area contributed by atoms with Gasteiger partial charge in [0.1, 0.15) is 4.90 Å². The zero-order valence-electron chi connectivity index (χ0n) is 11.1. The Balaban J connectivity index is 2.38. The van der Waals surface area contributed by atoms with Crippen molar-refractivity contribution in [2.75, 3.05) is 24.6 Å². The molecule has 0 unspecified atom stereocenters. The summed E-state index contributed by atoms with van der Waals surface area (Å²) in [4.78, 5) is -0.0263. The summed E-state index contributed by atoms with van der Waals surface area (Å²) in [5.41, 5.74) is 0.641. The van der Waals surface area contributed by atoms with Crippen LogP contribution in [0, 0.1) is 0 Å². The van der Waals surface area contributed by atoms with Gasteiger partial charge in [-0.1, -0.05) is 17.7 Å². The van der Waals surface area contributed by atoms with Crippen LogP contribution in [0.1, 0.15) is 12.0 Å². The smallest absolute Gasteiger partial charge is 0.229 e. The molecule has 0 aliphatic carbocycles. The molecular formula is C12H15Cl2NO4S2. The van der Waals surface area contributed by atoms with E-state index in [1.165, 1.54) is 16.4 Å². The van der Waals surface area contributed by atoms with Crippen LogP contribution in [0.4, 0.5) is 0 Å². The lowest BCUT2D eigenvalue weighted by atomic mass is 10.2. The fraction of sp³-hybridized carbons (Fsp3) is 0.500. The minimum Gasteiger partial charge on any atom is -0.229 e. The van der Waals surface area contributed by atoms with Crippen LogP contribution >= 0.6 is 23.2 Å². The Morgan fingerprint density at radius 1 is 1.19 bits per heavy atom. The molecule has 1 aliphatic heterocycles. The summed E-state index contributed by atoms with van der Waals surface area (Å²) in [6.45, 7) is 0.120. The fourth-order valence-electron chi connectivity index (χ4n) is 2.12. The number of hydrogen-bond donors (Lipinski definition) is 0. The molecule has 118 valence electrons. The van der Waals surface area contributed by atoms with Crippen LogP contribution in [0.25, 0.3) is 0 Å². The number of hydrogen-bond acceptors (Lipinski definition) is 4. The van der Waals surface area contributed by atoms with Gasteiger partial charge in [-0.2, -0.15) is 4.31 Å². The predicted octanol–water partition coefficient (Wildman–Crippen LogP) is 1.89. The third-order valence-corrected chi connectivity index (χ3v) is 7.69. The Hall–Kier alpha value is -0.340. The molecule has 1 saturated heterocycles. The summed E-state index contributed by atoms with van der Waals surface area (Å²) < 4.78 is 49.6. The number of benzene rings is 1. The average molecular weight is 372 g/mol. The molecule has 0 radical (unpaired) electrons. The van der Waals surface area contributed by atoms with Gasteiger partial charge in [-0.3, -0.25) is 0 Å². The highest BCUT2D eigenvalue weighted by atomic mass is 35.5. The number of sulfonamides is 1. The molecule has 1 aromatic carbocycles. The van der Waals surface area contributed by atoms with E-state index in [0.717, 1.165) is 0 Å². The van der Waals surface area contributed by atoms with Crippen molar-refractivity contribution in [3.63, 3.8) is 0 Å². The first-order valence-electron chi connectivity index (χ1n) is 6.31. The monoisotopic (exact) mass is 371 g/mol. The zero-order chi connectivity index (χ0) is 15.7. The first-order chi connectivity index (χ1) is 9.76. The largest absolute Gasteiger partial charge is 0.244 e. The first kappa shape index (κ1) is 17.0. The molecule has 1 fully saturated rings. The maximum Gasteiger partial charge on any atom is 0.244 e. The van der Waals surface area contributed by atoms with Crippen LogP contribution in [-0.2, 0) is 25.7 Å². The van der Waals surface area contributed by atoms with Crippen molar-refractivity contribution >= 4 is 43.1 Å². The normalized spacial score (nSPS) is 20.1. The Morgan fingerprint density at radius 3 is 2.57 bits per heavy atom. The lowest BCUT2D eigenvalue weighted by Gasteiger charge is -2.20. The third-order valence-electron chi connectivity index (χ3n) is 3.28. The van der Waals surface area contributed by atoms with E-state index in [4.69, 9.17) is 23.2 Å². The summed E-state index contributed by atoms with van der Waals surface area (Å²) in [7, 11) is -7.00. The van der Waals surface area contributed by atoms with Gasteiger partial charge in [-0.15, -0.1) is 11.6 Å². The maximum absolute atomic E-state index is 12.6. The van der Waals surface area contributed by atoms with E-state index in [-0.39, 0.29) is 46.8 Å². The Morgan fingerprint density at radius 2 is 1.90 bits per heavy atom. The molecule has 0 spiro atoms. The molecule has 0 amide bonds. The van der Waals surface area contributed by atoms with Crippen molar-refractivity contribution in [3.05, 3.63) is 28.8 Å². The van der Waals surface area contributed by atoms with E-state index in [1.807, 2.05) is 0 Å². The predicted molar refractivity (Wildman–Crippen MR) is 83.0 cm³/mol. The van der Waals surface area contributed by atoms with Crippen LogP contribution in [0.2, 0.25) is 5.02 Å². The SMILES string of the molecule is O=S1(=O)CCCN(S(=O)(=O)c2cc(CCl)ccc2Cl)CC1. The molecule has 9 heteroatoms. The van der Waals surface area contributed by atoms with Gasteiger partial charge in [0.2, 0.25) is 10.0 Å². The van der Waals surface area contributed by atoms with Gasteiger partial charge < -0.3 is 0 Å². The Kier molecular flexibility index (Phi) is 5.20. The molecule has 1 aromatic rings. The summed E-state index contributed by atoms with van der Waals surface area (Å²) in [6.07, 6.45) is 0.286. The van der Waals surface area contributed by atoms with E-state index in [0.29, 0.717) is 5.56 Å². The third kappa shape index (κ3) is 3.90. The summed E-state index contributed by atoms with van der Waals surface area (Å²) >= 11 is 11.7. The van der Waals surface area contributed by atoms with Crippen molar-refractivity contribution < 1.29 is 16.8 Å². The number of sulfone groups is 1. The molecule has 2 rings (SSSR count). The number of alkyl halides is 1.